The van der Waals surface area contributed by atoms with E-state index >= 15 is 0 Å². The van der Waals surface area contributed by atoms with Crippen molar-refractivity contribution >= 4 is 11.6 Å². The summed E-state index contributed by atoms with van der Waals surface area (Å²) >= 11 is 0. The van der Waals surface area contributed by atoms with Crippen LogP contribution in [0.5, 0.6) is 5.75 Å². The molecule has 1 aromatic carbocycles. The van der Waals surface area contributed by atoms with Crippen molar-refractivity contribution in [3.63, 3.8) is 0 Å². The van der Waals surface area contributed by atoms with Crippen LogP contribution < -0.4 is 15.8 Å². The molecule has 0 heterocycles. The van der Waals surface area contributed by atoms with Crippen molar-refractivity contribution in [2.24, 2.45) is 0 Å². The van der Waals surface area contributed by atoms with Crippen LogP contribution in [0, 0.1) is 0 Å². The number of amides is 1. The lowest BCUT2D eigenvalue weighted by atomic mass is 10.1. The fourth-order valence-corrected chi connectivity index (χ4v) is 2.05. The Hall–Kier alpha value is -1.71. The molecule has 0 spiro atoms. The lowest BCUT2D eigenvalue weighted by Gasteiger charge is -2.10. The Kier molecular flexibility index (Phi) is 8.32. The van der Waals surface area contributed by atoms with Gasteiger partial charge in [-0.15, -0.1) is 0 Å². The summed E-state index contributed by atoms with van der Waals surface area (Å²) in [6, 6.07) is 5.22. The Morgan fingerprint density at radius 2 is 1.90 bits per heavy atom. The van der Waals surface area contributed by atoms with Crippen molar-refractivity contribution in [1.82, 2.24) is 5.32 Å². The Morgan fingerprint density at radius 1 is 1.14 bits per heavy atom. The molecule has 0 unspecified atom stereocenters. The van der Waals surface area contributed by atoms with Crippen molar-refractivity contribution in [1.29, 1.82) is 0 Å². The van der Waals surface area contributed by atoms with Gasteiger partial charge in [-0.25, -0.2) is 0 Å². The molecule has 1 rings (SSSR count). The lowest BCUT2D eigenvalue weighted by molar-refractivity contribution is 0.0953. The minimum Gasteiger partial charge on any atom is -0.491 e. The van der Waals surface area contributed by atoms with E-state index in [0.717, 1.165) is 12.8 Å². The zero-order valence-corrected chi connectivity index (χ0v) is 13.3. The Labute approximate surface area is 128 Å². The number of anilines is 1. The number of rotatable bonds is 10. The standard InChI is InChI=1S/C17H28N2O2/c1-3-5-6-7-8-12-21-16-10-9-14(13-15(16)18)17(20)19-11-4-2/h9-10,13H,3-8,11-12,18H2,1-2H3,(H,19,20). The number of carbonyl (C=O) groups is 1. The number of nitrogen functional groups attached to an aromatic ring is 1. The van der Waals surface area contributed by atoms with Gasteiger partial charge in [0.1, 0.15) is 5.75 Å². The second-order valence-electron chi connectivity index (χ2n) is 5.27. The van der Waals surface area contributed by atoms with Crippen molar-refractivity contribution in [2.45, 2.75) is 52.4 Å². The summed E-state index contributed by atoms with van der Waals surface area (Å²) in [5, 5.41) is 2.83. The first kappa shape index (κ1) is 17.3. The van der Waals surface area contributed by atoms with Crippen molar-refractivity contribution < 1.29 is 9.53 Å². The molecule has 1 aromatic rings. The van der Waals surface area contributed by atoms with E-state index in [-0.39, 0.29) is 5.91 Å². The molecule has 4 heteroatoms. The zero-order chi connectivity index (χ0) is 15.5. The van der Waals surface area contributed by atoms with Gasteiger partial charge in [0.15, 0.2) is 0 Å². The quantitative estimate of drug-likeness (QED) is 0.510. The van der Waals surface area contributed by atoms with Crippen LogP contribution in [-0.2, 0) is 0 Å². The number of ether oxygens (including phenoxy) is 1. The van der Waals surface area contributed by atoms with E-state index in [1.807, 2.05) is 6.92 Å². The van der Waals surface area contributed by atoms with E-state index in [2.05, 4.69) is 12.2 Å². The van der Waals surface area contributed by atoms with Gasteiger partial charge in [-0.3, -0.25) is 4.79 Å². The number of hydrogen-bond donors (Lipinski definition) is 2. The van der Waals surface area contributed by atoms with Gasteiger partial charge in [0.2, 0.25) is 0 Å². The van der Waals surface area contributed by atoms with Crippen LogP contribution in [0.1, 0.15) is 62.7 Å². The normalized spacial score (nSPS) is 10.4. The van der Waals surface area contributed by atoms with Crippen LogP contribution in [-0.4, -0.2) is 19.1 Å². The third-order valence-corrected chi connectivity index (χ3v) is 3.31. The summed E-state index contributed by atoms with van der Waals surface area (Å²) in [7, 11) is 0. The van der Waals surface area contributed by atoms with Crippen molar-refractivity contribution in [3.8, 4) is 5.75 Å². The molecular weight excluding hydrogens is 264 g/mol. The molecule has 1 amide bonds. The molecule has 0 fully saturated rings. The van der Waals surface area contributed by atoms with E-state index in [4.69, 9.17) is 10.5 Å². The smallest absolute Gasteiger partial charge is 0.251 e. The molecule has 4 nitrogen and oxygen atoms in total. The van der Waals surface area contributed by atoms with E-state index in [1.165, 1.54) is 25.7 Å². The zero-order valence-electron chi connectivity index (χ0n) is 13.3. The molecule has 0 atom stereocenters. The largest absolute Gasteiger partial charge is 0.491 e. The molecule has 0 aliphatic carbocycles. The topological polar surface area (TPSA) is 64.3 Å². The molecule has 21 heavy (non-hydrogen) atoms. The molecule has 118 valence electrons. The number of carbonyl (C=O) groups excluding carboxylic acids is 1. The van der Waals surface area contributed by atoms with Gasteiger partial charge >= 0.3 is 0 Å². The fraction of sp³-hybridized carbons (Fsp3) is 0.588. The minimum atomic E-state index is -0.0883. The van der Waals surface area contributed by atoms with Gasteiger partial charge in [0, 0.05) is 12.1 Å². The first-order chi connectivity index (χ1) is 10.2. The molecule has 0 saturated heterocycles. The summed E-state index contributed by atoms with van der Waals surface area (Å²) in [6.07, 6.45) is 6.93. The second kappa shape index (κ2) is 10.1. The molecule has 0 aromatic heterocycles. The summed E-state index contributed by atoms with van der Waals surface area (Å²) in [6.45, 7) is 5.57. The third kappa shape index (κ3) is 6.52. The average Bonchev–Trinajstić information content (AvgIpc) is 2.49. The number of benzene rings is 1. The van der Waals surface area contributed by atoms with Gasteiger partial charge in [0.25, 0.3) is 5.91 Å². The van der Waals surface area contributed by atoms with Gasteiger partial charge in [-0.2, -0.15) is 0 Å². The predicted octanol–water partition coefficient (Wildman–Crippen LogP) is 3.76. The molecule has 3 N–H and O–H groups in total. The molecule has 0 saturated carbocycles. The van der Waals surface area contributed by atoms with E-state index in [9.17, 15) is 4.79 Å². The molecule has 0 bridgehead atoms. The van der Waals surface area contributed by atoms with Crippen LogP contribution in [0.15, 0.2) is 18.2 Å². The second-order valence-corrected chi connectivity index (χ2v) is 5.27. The fourth-order valence-electron chi connectivity index (χ4n) is 2.05. The van der Waals surface area contributed by atoms with E-state index in [0.29, 0.717) is 30.2 Å². The Bertz CT molecular complexity index is 433. The number of unbranched alkanes of at least 4 members (excludes halogenated alkanes) is 4. The molecule has 0 aliphatic rings. The summed E-state index contributed by atoms with van der Waals surface area (Å²) in [4.78, 5) is 11.8. The predicted molar refractivity (Wildman–Crippen MR) is 87.7 cm³/mol. The van der Waals surface area contributed by atoms with Crippen LogP contribution in [0.3, 0.4) is 0 Å². The third-order valence-electron chi connectivity index (χ3n) is 3.31. The highest BCUT2D eigenvalue weighted by Gasteiger charge is 2.08. The highest BCUT2D eigenvalue weighted by atomic mass is 16.5. The maximum absolute atomic E-state index is 11.8. The molecule has 0 aliphatic heterocycles. The van der Waals surface area contributed by atoms with Crippen LogP contribution in [0.2, 0.25) is 0 Å². The Morgan fingerprint density at radius 3 is 2.57 bits per heavy atom. The average molecular weight is 292 g/mol. The monoisotopic (exact) mass is 292 g/mol. The van der Waals surface area contributed by atoms with Crippen LogP contribution in [0.4, 0.5) is 5.69 Å². The highest BCUT2D eigenvalue weighted by molar-refractivity contribution is 5.95. The van der Waals surface area contributed by atoms with E-state index in [1.54, 1.807) is 18.2 Å². The van der Waals surface area contributed by atoms with Gasteiger partial charge in [0.05, 0.1) is 12.3 Å². The SMILES string of the molecule is CCCCCCCOc1ccc(C(=O)NCCC)cc1N. The first-order valence-corrected chi connectivity index (χ1v) is 7.99. The maximum atomic E-state index is 11.8. The molecular formula is C17H28N2O2. The number of hydrogen-bond acceptors (Lipinski definition) is 3. The van der Waals surface area contributed by atoms with Gasteiger partial charge < -0.3 is 15.8 Å². The van der Waals surface area contributed by atoms with Crippen molar-refractivity contribution in [3.05, 3.63) is 23.8 Å². The minimum absolute atomic E-state index is 0.0883. The lowest BCUT2D eigenvalue weighted by Crippen LogP contribution is -2.24. The summed E-state index contributed by atoms with van der Waals surface area (Å²) < 4.78 is 5.68. The maximum Gasteiger partial charge on any atom is 0.251 e. The Balaban J connectivity index is 2.41. The highest BCUT2D eigenvalue weighted by Crippen LogP contribution is 2.23. The van der Waals surface area contributed by atoms with Crippen LogP contribution >= 0.6 is 0 Å². The summed E-state index contributed by atoms with van der Waals surface area (Å²) in [5.41, 5.74) is 7.05. The first-order valence-electron chi connectivity index (χ1n) is 7.99. The summed E-state index contributed by atoms with van der Waals surface area (Å²) in [5.74, 6) is 0.576. The number of nitrogens with one attached hydrogen (secondary N) is 1. The molecule has 0 radical (unpaired) electrons. The number of nitrogens with two attached hydrogens (primary N) is 1. The van der Waals surface area contributed by atoms with Crippen LogP contribution in [0.25, 0.3) is 0 Å². The van der Waals surface area contributed by atoms with E-state index < -0.39 is 0 Å². The van der Waals surface area contributed by atoms with Crippen molar-refractivity contribution in [2.75, 3.05) is 18.9 Å². The van der Waals surface area contributed by atoms with Gasteiger partial charge in [-0.1, -0.05) is 39.5 Å². The van der Waals surface area contributed by atoms with Gasteiger partial charge in [-0.05, 0) is 31.0 Å².